The van der Waals surface area contributed by atoms with Gasteiger partial charge in [0.15, 0.2) is 5.17 Å². The van der Waals surface area contributed by atoms with Crippen molar-refractivity contribution in [1.82, 2.24) is 10.6 Å². The fourth-order valence-electron chi connectivity index (χ4n) is 1.22. The largest absolute Gasteiger partial charge is 0.353 e. The number of carbonyl (C=O) groups excluding carboxylic acids is 1. The third-order valence-electron chi connectivity index (χ3n) is 1.97. The van der Waals surface area contributed by atoms with Crippen LogP contribution in [0.1, 0.15) is 27.7 Å². The van der Waals surface area contributed by atoms with Crippen LogP contribution in [0.15, 0.2) is 4.99 Å². The molecule has 2 N–H and O–H groups in total. The molecule has 0 fully saturated rings. The van der Waals surface area contributed by atoms with E-state index in [4.69, 9.17) is 0 Å². The normalized spacial score (nSPS) is 22.5. The smallest absolute Gasteiger partial charge is 0.242 e. The van der Waals surface area contributed by atoms with Gasteiger partial charge >= 0.3 is 0 Å². The second-order valence-corrected chi connectivity index (χ2v) is 5.53. The zero-order chi connectivity index (χ0) is 11.4. The molecule has 1 aliphatic heterocycles. The Morgan fingerprint density at radius 2 is 2.20 bits per heavy atom. The minimum absolute atomic E-state index is 0.0212. The van der Waals surface area contributed by atoms with E-state index in [0.29, 0.717) is 5.25 Å². The van der Waals surface area contributed by atoms with Crippen LogP contribution in [-0.4, -0.2) is 35.0 Å². The molecule has 0 aromatic rings. The lowest BCUT2D eigenvalue weighted by molar-refractivity contribution is -0.122. The molecule has 5 heteroatoms. The first-order valence-electron chi connectivity index (χ1n) is 5.27. The topological polar surface area (TPSA) is 53.5 Å². The maximum Gasteiger partial charge on any atom is 0.242 e. The summed E-state index contributed by atoms with van der Waals surface area (Å²) in [6.07, 6.45) is 0. The predicted molar refractivity (Wildman–Crippen MR) is 65.2 cm³/mol. The highest BCUT2D eigenvalue weighted by Crippen LogP contribution is 2.18. The van der Waals surface area contributed by atoms with Gasteiger partial charge in [0, 0.05) is 11.3 Å². The van der Waals surface area contributed by atoms with E-state index in [2.05, 4.69) is 22.5 Å². The number of thioether (sulfide) groups is 1. The van der Waals surface area contributed by atoms with Crippen molar-refractivity contribution in [2.24, 2.45) is 4.99 Å². The average molecular weight is 229 g/mol. The summed E-state index contributed by atoms with van der Waals surface area (Å²) < 4.78 is 0. The van der Waals surface area contributed by atoms with Gasteiger partial charge in [0.25, 0.3) is 0 Å². The van der Waals surface area contributed by atoms with Crippen LogP contribution in [-0.2, 0) is 4.79 Å². The number of nitrogens with one attached hydrogen (secondary N) is 2. The minimum atomic E-state index is -0.219. The van der Waals surface area contributed by atoms with E-state index in [9.17, 15) is 4.79 Å². The van der Waals surface area contributed by atoms with Gasteiger partial charge in [-0.3, -0.25) is 9.79 Å². The molecule has 1 aliphatic rings. The Balaban J connectivity index is 2.35. The van der Waals surface area contributed by atoms with Crippen molar-refractivity contribution in [3.63, 3.8) is 0 Å². The molecule has 0 bridgehead atoms. The number of rotatable bonds is 3. The molecule has 1 rings (SSSR count). The first kappa shape index (κ1) is 12.4. The number of aliphatic imine (C=N–C) groups is 1. The van der Waals surface area contributed by atoms with E-state index in [1.807, 2.05) is 20.8 Å². The third kappa shape index (κ3) is 4.11. The molecule has 0 saturated heterocycles. The number of hydrogen-bond donors (Lipinski definition) is 2. The standard InChI is InChI=1S/C10H19N3OS/c1-6(2)12-9(14)8(4)13-10-11-5-7(3)15-10/h6-8H,5H2,1-4H3,(H,11,13)(H,12,14). The van der Waals surface area contributed by atoms with E-state index in [0.717, 1.165) is 11.7 Å². The number of carbonyl (C=O) groups is 1. The van der Waals surface area contributed by atoms with Gasteiger partial charge in [0.05, 0.1) is 6.54 Å². The summed E-state index contributed by atoms with van der Waals surface area (Å²) in [5.74, 6) is 0.0212. The number of hydrogen-bond acceptors (Lipinski definition) is 4. The maximum absolute atomic E-state index is 11.6. The SMILES string of the molecule is CC(C)NC(=O)C(C)NC1=NCC(C)S1. The lowest BCUT2D eigenvalue weighted by atomic mass is 10.3. The van der Waals surface area contributed by atoms with E-state index in [1.165, 1.54) is 0 Å². The van der Waals surface area contributed by atoms with Crippen LogP contribution in [0.2, 0.25) is 0 Å². The van der Waals surface area contributed by atoms with Gasteiger partial charge < -0.3 is 10.6 Å². The fourth-order valence-corrected chi connectivity index (χ4v) is 2.14. The summed E-state index contributed by atoms with van der Waals surface area (Å²) >= 11 is 1.69. The van der Waals surface area contributed by atoms with Crippen molar-refractivity contribution < 1.29 is 4.79 Å². The van der Waals surface area contributed by atoms with Gasteiger partial charge in [-0.1, -0.05) is 18.7 Å². The van der Waals surface area contributed by atoms with Crippen LogP contribution >= 0.6 is 11.8 Å². The molecular formula is C10H19N3OS. The molecule has 4 nitrogen and oxygen atoms in total. The summed E-state index contributed by atoms with van der Waals surface area (Å²) in [5.41, 5.74) is 0. The maximum atomic E-state index is 11.6. The zero-order valence-electron chi connectivity index (χ0n) is 9.70. The third-order valence-corrected chi connectivity index (χ3v) is 2.99. The summed E-state index contributed by atoms with van der Waals surface area (Å²) in [7, 11) is 0. The summed E-state index contributed by atoms with van der Waals surface area (Å²) in [6.45, 7) is 8.72. The molecule has 15 heavy (non-hydrogen) atoms. The first-order valence-corrected chi connectivity index (χ1v) is 6.15. The summed E-state index contributed by atoms with van der Waals surface area (Å²) in [6, 6.07) is -0.0391. The van der Waals surface area contributed by atoms with Crippen molar-refractivity contribution >= 4 is 22.8 Å². The molecule has 0 aromatic carbocycles. The van der Waals surface area contributed by atoms with Gasteiger partial charge in [0.1, 0.15) is 6.04 Å². The lowest BCUT2D eigenvalue weighted by Gasteiger charge is -2.16. The van der Waals surface area contributed by atoms with Gasteiger partial charge in [-0.15, -0.1) is 0 Å². The first-order chi connectivity index (χ1) is 6.99. The Morgan fingerprint density at radius 3 is 2.67 bits per heavy atom. The van der Waals surface area contributed by atoms with Crippen LogP contribution < -0.4 is 10.6 Å². The number of nitrogens with zero attached hydrogens (tertiary/aromatic N) is 1. The Labute approximate surface area is 95.3 Å². The molecule has 86 valence electrons. The quantitative estimate of drug-likeness (QED) is 0.758. The Kier molecular flexibility index (Phi) is 4.45. The van der Waals surface area contributed by atoms with Gasteiger partial charge in [-0.25, -0.2) is 0 Å². The fraction of sp³-hybridized carbons (Fsp3) is 0.800. The van der Waals surface area contributed by atoms with Crippen molar-refractivity contribution in [2.75, 3.05) is 6.54 Å². The van der Waals surface area contributed by atoms with Crippen molar-refractivity contribution in [3.8, 4) is 0 Å². The second-order valence-electron chi connectivity index (χ2n) is 4.10. The molecule has 0 aromatic heterocycles. The van der Waals surface area contributed by atoms with Crippen molar-refractivity contribution in [3.05, 3.63) is 0 Å². The molecule has 2 atom stereocenters. The van der Waals surface area contributed by atoms with Crippen molar-refractivity contribution in [2.45, 2.75) is 45.0 Å². The zero-order valence-corrected chi connectivity index (χ0v) is 10.5. The number of amidine groups is 1. The van der Waals surface area contributed by atoms with E-state index < -0.39 is 0 Å². The van der Waals surface area contributed by atoms with Crippen LogP contribution in [0, 0.1) is 0 Å². The van der Waals surface area contributed by atoms with Crippen LogP contribution in [0.4, 0.5) is 0 Å². The predicted octanol–water partition coefficient (Wildman–Crippen LogP) is 0.980. The molecule has 0 radical (unpaired) electrons. The van der Waals surface area contributed by atoms with Gasteiger partial charge in [-0.2, -0.15) is 0 Å². The Bertz CT molecular complexity index is 265. The van der Waals surface area contributed by atoms with Crippen molar-refractivity contribution in [1.29, 1.82) is 0 Å². The van der Waals surface area contributed by atoms with E-state index >= 15 is 0 Å². The van der Waals surface area contributed by atoms with Gasteiger partial charge in [-0.05, 0) is 20.8 Å². The highest BCUT2D eigenvalue weighted by Gasteiger charge is 2.20. The molecule has 0 aliphatic carbocycles. The van der Waals surface area contributed by atoms with Crippen LogP contribution in [0.3, 0.4) is 0 Å². The Hall–Kier alpha value is -0.710. The van der Waals surface area contributed by atoms with E-state index in [-0.39, 0.29) is 18.0 Å². The minimum Gasteiger partial charge on any atom is -0.353 e. The van der Waals surface area contributed by atoms with Crippen LogP contribution in [0.25, 0.3) is 0 Å². The highest BCUT2D eigenvalue weighted by molar-refractivity contribution is 8.14. The number of amides is 1. The molecule has 1 heterocycles. The van der Waals surface area contributed by atoms with E-state index in [1.54, 1.807) is 11.8 Å². The van der Waals surface area contributed by atoms with Crippen LogP contribution in [0.5, 0.6) is 0 Å². The highest BCUT2D eigenvalue weighted by atomic mass is 32.2. The molecule has 0 spiro atoms. The van der Waals surface area contributed by atoms with Gasteiger partial charge in [0.2, 0.25) is 5.91 Å². The monoisotopic (exact) mass is 229 g/mol. The summed E-state index contributed by atoms with van der Waals surface area (Å²) in [5, 5.41) is 7.38. The molecule has 0 saturated carbocycles. The lowest BCUT2D eigenvalue weighted by Crippen LogP contribution is -2.45. The molecule has 2 unspecified atom stereocenters. The molecule has 1 amide bonds. The Morgan fingerprint density at radius 1 is 1.53 bits per heavy atom. The second kappa shape index (κ2) is 5.39. The average Bonchev–Trinajstić information content (AvgIpc) is 2.50. The summed E-state index contributed by atoms with van der Waals surface area (Å²) in [4.78, 5) is 15.9. The molecular weight excluding hydrogens is 210 g/mol.